The molecule has 31 heavy (non-hydrogen) atoms. The average molecular weight is 430 g/mol. The molecule has 0 saturated heterocycles. The van der Waals surface area contributed by atoms with Gasteiger partial charge in [-0.05, 0) is 57.7 Å². The molecule has 166 valence electrons. The van der Waals surface area contributed by atoms with Crippen LogP contribution in [0.25, 0.3) is 0 Å². The Hall–Kier alpha value is -3.43. The summed E-state index contributed by atoms with van der Waals surface area (Å²) in [6.07, 6.45) is 2.57. The smallest absolute Gasteiger partial charge is 0.407 e. The van der Waals surface area contributed by atoms with Gasteiger partial charge in [-0.2, -0.15) is 5.10 Å². The van der Waals surface area contributed by atoms with Gasteiger partial charge in [0.15, 0.2) is 5.82 Å². The third-order valence-electron chi connectivity index (χ3n) is 5.09. The van der Waals surface area contributed by atoms with Gasteiger partial charge in [0, 0.05) is 24.3 Å². The zero-order chi connectivity index (χ0) is 22.5. The van der Waals surface area contributed by atoms with Gasteiger partial charge in [0.2, 0.25) is 0 Å². The summed E-state index contributed by atoms with van der Waals surface area (Å²) >= 11 is 0. The minimum absolute atomic E-state index is 0.0134. The molecule has 0 radical (unpaired) electrons. The van der Waals surface area contributed by atoms with Crippen LogP contribution in [0.3, 0.4) is 0 Å². The van der Waals surface area contributed by atoms with E-state index < -0.39 is 12.0 Å². The van der Waals surface area contributed by atoms with E-state index in [-0.39, 0.29) is 41.4 Å². The van der Waals surface area contributed by atoms with Crippen LogP contribution in [0.2, 0.25) is 0 Å². The normalized spacial score (nSPS) is 20.8. The molecule has 0 aliphatic heterocycles. The van der Waals surface area contributed by atoms with Crippen LogP contribution in [0.4, 0.5) is 20.7 Å². The molecule has 1 aromatic carbocycles. The number of nitrogens with zero attached hydrogens (tertiary/aromatic N) is 3. The number of aliphatic imine (C=N–C) groups is 1. The van der Waals surface area contributed by atoms with Crippen LogP contribution in [0, 0.1) is 5.82 Å². The molecule has 9 nitrogen and oxygen atoms in total. The second kappa shape index (κ2) is 9.59. The van der Waals surface area contributed by atoms with E-state index in [1.807, 2.05) is 13.8 Å². The van der Waals surface area contributed by atoms with Gasteiger partial charge in [-0.15, -0.1) is 0 Å². The average Bonchev–Trinajstić information content (AvgIpc) is 3.12. The van der Waals surface area contributed by atoms with Crippen molar-refractivity contribution >= 4 is 30.2 Å². The molecule has 0 bridgehead atoms. The number of halogens is 1. The van der Waals surface area contributed by atoms with Crippen molar-refractivity contribution in [2.24, 2.45) is 10.7 Å². The van der Waals surface area contributed by atoms with E-state index in [0.29, 0.717) is 24.9 Å². The van der Waals surface area contributed by atoms with Gasteiger partial charge in [-0.25, -0.2) is 9.18 Å². The molecule has 1 aliphatic carbocycles. The molecule has 1 aromatic heterocycles. The minimum Gasteiger partial charge on any atom is -0.446 e. The summed E-state index contributed by atoms with van der Waals surface area (Å²) in [6.45, 7) is 7.39. The first kappa shape index (κ1) is 22.3. The summed E-state index contributed by atoms with van der Waals surface area (Å²) in [7, 11) is 0. The monoisotopic (exact) mass is 430 g/mol. The number of aromatic nitrogens is 2. The number of nitrogens with two attached hydrogens (primary N) is 1. The van der Waals surface area contributed by atoms with Gasteiger partial charge in [0.05, 0.1) is 12.1 Å². The van der Waals surface area contributed by atoms with E-state index in [1.165, 1.54) is 24.3 Å². The lowest BCUT2D eigenvalue weighted by molar-refractivity contribution is 0.0561. The Morgan fingerprint density at radius 1 is 1.32 bits per heavy atom. The first-order valence-corrected chi connectivity index (χ1v) is 10.1. The molecule has 4 N–H and O–H groups in total. The third kappa shape index (κ3) is 5.59. The Morgan fingerprint density at radius 2 is 2.03 bits per heavy atom. The topological polar surface area (TPSA) is 124 Å². The Labute approximate surface area is 179 Å². The predicted octanol–water partition coefficient (Wildman–Crippen LogP) is 3.16. The largest absolute Gasteiger partial charge is 0.446 e. The molecule has 3 rings (SSSR count). The van der Waals surface area contributed by atoms with Crippen LogP contribution in [-0.2, 0) is 4.74 Å². The SMILES string of the molecule is C=NC1C[C@@H](OC(=O)NC(C)C)CCC1n1cc(C(N)=O)c(Nc2ccc(F)cc2)n1. The van der Waals surface area contributed by atoms with Crippen LogP contribution in [0.1, 0.15) is 49.5 Å². The molecule has 1 fully saturated rings. The number of hydrogen-bond donors (Lipinski definition) is 3. The molecule has 1 saturated carbocycles. The molecular formula is C21H27FN6O3. The molecule has 1 heterocycles. The summed E-state index contributed by atoms with van der Waals surface area (Å²) < 4.78 is 20.3. The lowest BCUT2D eigenvalue weighted by Gasteiger charge is -2.33. The van der Waals surface area contributed by atoms with Crippen LogP contribution >= 0.6 is 0 Å². The summed E-state index contributed by atoms with van der Waals surface area (Å²) in [5.74, 6) is -0.731. The quantitative estimate of drug-likeness (QED) is 0.582. The van der Waals surface area contributed by atoms with E-state index in [2.05, 4.69) is 27.4 Å². The fourth-order valence-corrected chi connectivity index (χ4v) is 3.63. The van der Waals surface area contributed by atoms with E-state index >= 15 is 0 Å². The summed E-state index contributed by atoms with van der Waals surface area (Å²) in [6, 6.07) is 5.24. The third-order valence-corrected chi connectivity index (χ3v) is 5.09. The van der Waals surface area contributed by atoms with E-state index in [0.717, 1.165) is 0 Å². The maximum atomic E-state index is 13.2. The second-order valence-corrected chi connectivity index (χ2v) is 7.82. The molecule has 2 amide bonds. The Bertz CT molecular complexity index is 943. The number of anilines is 2. The van der Waals surface area contributed by atoms with E-state index in [9.17, 15) is 14.0 Å². The maximum absolute atomic E-state index is 13.2. The minimum atomic E-state index is -0.638. The van der Waals surface area contributed by atoms with Crippen molar-refractivity contribution in [3.63, 3.8) is 0 Å². The van der Waals surface area contributed by atoms with Crippen molar-refractivity contribution in [3.05, 3.63) is 41.8 Å². The second-order valence-electron chi connectivity index (χ2n) is 7.82. The highest BCUT2D eigenvalue weighted by Gasteiger charge is 2.34. The summed E-state index contributed by atoms with van der Waals surface area (Å²) in [4.78, 5) is 28.0. The summed E-state index contributed by atoms with van der Waals surface area (Å²) in [5.41, 5.74) is 6.31. The van der Waals surface area contributed by atoms with E-state index in [4.69, 9.17) is 10.5 Å². The van der Waals surface area contributed by atoms with Gasteiger partial charge < -0.3 is 21.1 Å². The highest BCUT2D eigenvalue weighted by atomic mass is 19.1. The van der Waals surface area contributed by atoms with Crippen molar-refractivity contribution in [2.75, 3.05) is 5.32 Å². The lowest BCUT2D eigenvalue weighted by Crippen LogP contribution is -2.39. The standard InChI is InChI=1S/C21H27FN6O3/c1-12(2)25-21(30)31-15-8-9-18(17(10-15)24-3)28-11-16(19(23)29)20(27-28)26-14-6-4-13(22)5-7-14/h4-7,11-12,15,17-18H,3,8-10H2,1-2H3,(H2,23,29)(H,25,30)(H,26,27)/t15-,17?,18?/m0/s1. The zero-order valence-electron chi connectivity index (χ0n) is 17.5. The first-order valence-electron chi connectivity index (χ1n) is 10.1. The predicted molar refractivity (Wildman–Crippen MR) is 115 cm³/mol. The van der Waals surface area contributed by atoms with Crippen LogP contribution in [-0.4, -0.2) is 46.7 Å². The summed E-state index contributed by atoms with van der Waals surface area (Å²) in [5, 5.41) is 10.2. The first-order chi connectivity index (χ1) is 14.8. The molecule has 10 heteroatoms. The highest BCUT2D eigenvalue weighted by molar-refractivity contribution is 5.98. The Morgan fingerprint density at radius 3 is 2.65 bits per heavy atom. The number of ether oxygens (including phenoxy) is 1. The number of amides is 2. The molecule has 1 aliphatic rings. The molecular weight excluding hydrogens is 403 g/mol. The van der Waals surface area contributed by atoms with Gasteiger partial charge in [-0.3, -0.25) is 14.5 Å². The fourth-order valence-electron chi connectivity index (χ4n) is 3.63. The lowest BCUT2D eigenvalue weighted by atomic mass is 9.88. The van der Waals surface area contributed by atoms with Gasteiger partial charge >= 0.3 is 6.09 Å². The van der Waals surface area contributed by atoms with Gasteiger partial charge in [0.25, 0.3) is 5.91 Å². The van der Waals surface area contributed by atoms with Crippen LogP contribution < -0.4 is 16.4 Å². The van der Waals surface area contributed by atoms with Crippen molar-refractivity contribution < 1.29 is 18.7 Å². The fraction of sp³-hybridized carbons (Fsp3) is 0.429. The van der Waals surface area contributed by atoms with E-state index in [1.54, 1.807) is 10.9 Å². The zero-order valence-corrected chi connectivity index (χ0v) is 17.5. The van der Waals surface area contributed by atoms with Crippen molar-refractivity contribution in [1.29, 1.82) is 0 Å². The Kier molecular flexibility index (Phi) is 6.88. The number of alkyl carbamates (subject to hydrolysis) is 1. The van der Waals surface area contributed by atoms with Crippen molar-refractivity contribution in [3.8, 4) is 0 Å². The van der Waals surface area contributed by atoms with Gasteiger partial charge in [-0.1, -0.05) is 0 Å². The molecule has 2 aromatic rings. The number of hydrogen-bond acceptors (Lipinski definition) is 6. The molecule has 3 atom stereocenters. The van der Waals surface area contributed by atoms with Gasteiger partial charge in [0.1, 0.15) is 17.5 Å². The number of nitrogens with one attached hydrogen (secondary N) is 2. The molecule has 2 unspecified atom stereocenters. The number of primary amides is 1. The highest BCUT2D eigenvalue weighted by Crippen LogP contribution is 2.33. The molecule has 0 spiro atoms. The Balaban J connectivity index is 1.75. The number of benzene rings is 1. The van der Waals surface area contributed by atoms with Crippen LogP contribution in [0.5, 0.6) is 0 Å². The number of carbonyl (C=O) groups is 2. The van der Waals surface area contributed by atoms with Crippen molar-refractivity contribution in [1.82, 2.24) is 15.1 Å². The number of carbonyl (C=O) groups excluding carboxylic acids is 2. The maximum Gasteiger partial charge on any atom is 0.407 e. The van der Waals surface area contributed by atoms with Crippen molar-refractivity contribution in [2.45, 2.75) is 57.3 Å². The van der Waals surface area contributed by atoms with Crippen LogP contribution in [0.15, 0.2) is 35.5 Å². The number of rotatable bonds is 7.